The third-order valence-electron chi connectivity index (χ3n) is 6.21. The van der Waals surface area contributed by atoms with Gasteiger partial charge in [-0.25, -0.2) is 0 Å². The van der Waals surface area contributed by atoms with Gasteiger partial charge in [0.15, 0.2) is 0 Å². The van der Waals surface area contributed by atoms with Crippen LogP contribution in [0.15, 0.2) is 103 Å². The summed E-state index contributed by atoms with van der Waals surface area (Å²) in [6, 6.07) is 36.2. The first-order chi connectivity index (χ1) is 14.3. The smallest absolute Gasteiger partial charge is 0.127 e. The molecule has 1 fully saturated rings. The van der Waals surface area contributed by atoms with Crippen molar-refractivity contribution >= 4 is 23.4 Å². The van der Waals surface area contributed by atoms with Crippen molar-refractivity contribution in [3.05, 3.63) is 114 Å². The second kappa shape index (κ2) is 7.96. The fraction of sp³-hybridized carbons (Fsp3) is 0.185. The third-order valence-corrected chi connectivity index (χ3v) is 6.85. The molecule has 0 saturated heterocycles. The van der Waals surface area contributed by atoms with Crippen molar-refractivity contribution < 1.29 is 4.74 Å². The molecule has 0 spiro atoms. The summed E-state index contributed by atoms with van der Waals surface area (Å²) in [7, 11) is 0. The fourth-order valence-electron chi connectivity index (χ4n) is 4.76. The number of hydrogen-bond donors (Lipinski definition) is 1. The number of rotatable bonds is 5. The van der Waals surface area contributed by atoms with Crippen molar-refractivity contribution in [2.24, 2.45) is 5.92 Å². The van der Waals surface area contributed by atoms with E-state index in [1.54, 1.807) is 0 Å². The van der Waals surface area contributed by atoms with Gasteiger partial charge < -0.3 is 4.74 Å². The Bertz CT molecular complexity index is 1040. The van der Waals surface area contributed by atoms with E-state index in [0.717, 1.165) is 5.75 Å². The second-order valence-electron chi connectivity index (χ2n) is 7.82. The zero-order valence-corrected chi connectivity index (χ0v) is 17.1. The van der Waals surface area contributed by atoms with Crippen molar-refractivity contribution in [2.75, 3.05) is 6.61 Å². The average Bonchev–Trinajstić information content (AvgIpc) is 2.78. The van der Waals surface area contributed by atoms with E-state index >= 15 is 0 Å². The highest BCUT2D eigenvalue weighted by Crippen LogP contribution is 2.55. The highest BCUT2D eigenvalue weighted by Gasteiger charge is 2.50. The largest absolute Gasteiger partial charge is 0.493 e. The lowest BCUT2D eigenvalue weighted by Gasteiger charge is -2.50. The van der Waals surface area contributed by atoms with Crippen LogP contribution < -0.4 is 4.74 Å². The maximum Gasteiger partial charge on any atom is 0.127 e. The number of benzene rings is 4. The molecule has 1 saturated carbocycles. The molecule has 1 nitrogen and oxygen atoms in total. The minimum atomic E-state index is 0.293. The van der Waals surface area contributed by atoms with Crippen LogP contribution >= 0.6 is 12.6 Å². The molecule has 0 radical (unpaired) electrons. The van der Waals surface area contributed by atoms with Crippen molar-refractivity contribution in [2.45, 2.75) is 17.1 Å². The van der Waals surface area contributed by atoms with Gasteiger partial charge in [0.05, 0.1) is 6.61 Å². The first-order valence-electron chi connectivity index (χ1n) is 10.2. The minimum Gasteiger partial charge on any atom is -0.493 e. The number of hydrogen-bond acceptors (Lipinski definition) is 2. The highest BCUT2D eigenvalue weighted by molar-refractivity contribution is 7.81. The van der Waals surface area contributed by atoms with Crippen LogP contribution in [0, 0.1) is 5.92 Å². The Labute approximate surface area is 177 Å². The SMILES string of the molecule is SC1[C@H](c2ccccc2)C(COc2cccc3ccccc23)[C@H]1c1ccccc1. The van der Waals surface area contributed by atoms with Crippen LogP contribution in [0.1, 0.15) is 23.0 Å². The van der Waals surface area contributed by atoms with Crippen molar-refractivity contribution in [1.82, 2.24) is 0 Å². The van der Waals surface area contributed by atoms with E-state index in [0.29, 0.717) is 29.6 Å². The van der Waals surface area contributed by atoms with Gasteiger partial charge in [0.1, 0.15) is 5.75 Å². The van der Waals surface area contributed by atoms with Crippen LogP contribution in [0.4, 0.5) is 0 Å². The third kappa shape index (κ3) is 3.42. The fourth-order valence-corrected chi connectivity index (χ4v) is 5.55. The Morgan fingerprint density at radius 1 is 0.621 bits per heavy atom. The summed E-state index contributed by atoms with van der Waals surface area (Å²) in [5.41, 5.74) is 2.71. The molecule has 0 amide bonds. The van der Waals surface area contributed by atoms with E-state index in [1.165, 1.54) is 21.9 Å². The molecule has 2 heteroatoms. The molecule has 2 atom stereocenters. The van der Waals surface area contributed by atoms with Gasteiger partial charge in [-0.05, 0) is 22.6 Å². The van der Waals surface area contributed by atoms with Gasteiger partial charge in [0.25, 0.3) is 0 Å². The summed E-state index contributed by atoms with van der Waals surface area (Å²) in [5.74, 6) is 2.13. The summed E-state index contributed by atoms with van der Waals surface area (Å²) in [5, 5.41) is 2.68. The van der Waals surface area contributed by atoms with Crippen molar-refractivity contribution in [3.8, 4) is 5.75 Å². The number of thiol groups is 1. The number of fused-ring (bicyclic) bond motifs is 1. The molecule has 144 valence electrons. The summed E-state index contributed by atoms with van der Waals surface area (Å²) in [4.78, 5) is 0. The molecule has 0 aromatic heterocycles. The first-order valence-corrected chi connectivity index (χ1v) is 10.7. The molecule has 0 heterocycles. The quantitative estimate of drug-likeness (QED) is 0.369. The number of ether oxygens (including phenoxy) is 1. The van der Waals surface area contributed by atoms with Crippen molar-refractivity contribution in [3.63, 3.8) is 0 Å². The average molecular weight is 397 g/mol. The molecule has 0 N–H and O–H groups in total. The van der Waals surface area contributed by atoms with E-state index in [9.17, 15) is 0 Å². The molecular weight excluding hydrogens is 372 g/mol. The van der Waals surface area contributed by atoms with Gasteiger partial charge >= 0.3 is 0 Å². The predicted molar refractivity (Wildman–Crippen MR) is 124 cm³/mol. The van der Waals surface area contributed by atoms with Crippen molar-refractivity contribution in [1.29, 1.82) is 0 Å². The highest BCUT2D eigenvalue weighted by atomic mass is 32.1. The molecule has 0 unspecified atom stereocenters. The van der Waals surface area contributed by atoms with Crippen LogP contribution in [0.25, 0.3) is 10.8 Å². The Balaban J connectivity index is 1.45. The van der Waals surface area contributed by atoms with Gasteiger partial charge in [0.2, 0.25) is 0 Å². The van der Waals surface area contributed by atoms with Gasteiger partial charge in [-0.3, -0.25) is 0 Å². The Morgan fingerprint density at radius 2 is 1.17 bits per heavy atom. The van der Waals surface area contributed by atoms with Gasteiger partial charge in [-0.2, -0.15) is 12.6 Å². The second-order valence-corrected chi connectivity index (χ2v) is 8.41. The first kappa shape index (κ1) is 18.3. The predicted octanol–water partition coefficient (Wildman–Crippen LogP) is 6.71. The lowest BCUT2D eigenvalue weighted by molar-refractivity contribution is 0.129. The van der Waals surface area contributed by atoms with Crippen LogP contribution in [0.5, 0.6) is 5.75 Å². The molecule has 4 aromatic carbocycles. The Hall–Kier alpha value is -2.71. The van der Waals surface area contributed by atoms with E-state index in [2.05, 4.69) is 103 Å². The zero-order valence-electron chi connectivity index (χ0n) is 16.2. The molecule has 0 aliphatic heterocycles. The maximum atomic E-state index is 6.44. The lowest BCUT2D eigenvalue weighted by atomic mass is 9.59. The lowest BCUT2D eigenvalue weighted by Crippen LogP contribution is -2.47. The summed E-state index contributed by atoms with van der Waals surface area (Å²) in [6.45, 7) is 0.685. The van der Waals surface area contributed by atoms with Crippen LogP contribution in [0.2, 0.25) is 0 Å². The van der Waals surface area contributed by atoms with Gasteiger partial charge in [-0.15, -0.1) is 0 Å². The van der Waals surface area contributed by atoms with Crippen LogP contribution in [0.3, 0.4) is 0 Å². The Morgan fingerprint density at radius 3 is 1.83 bits per heavy atom. The zero-order chi connectivity index (χ0) is 19.6. The summed E-state index contributed by atoms with van der Waals surface area (Å²) in [6.07, 6.45) is 0. The molecule has 5 rings (SSSR count). The topological polar surface area (TPSA) is 9.23 Å². The molecule has 4 aromatic rings. The monoisotopic (exact) mass is 396 g/mol. The Kier molecular flexibility index (Phi) is 5.03. The standard InChI is InChI=1S/C27H24OS/c29-27-25(20-11-3-1-4-12-20)23(26(27)21-13-5-2-6-14-21)18-28-24-17-9-15-19-10-7-8-16-22(19)24/h1-17,23,25-27,29H,18H2/t23?,25-,26-,27?/m1/s1. The molecular formula is C27H24OS. The van der Waals surface area contributed by atoms with Crippen LogP contribution in [-0.2, 0) is 0 Å². The molecule has 1 aliphatic carbocycles. The maximum absolute atomic E-state index is 6.44. The van der Waals surface area contributed by atoms with Gasteiger partial charge in [0, 0.05) is 28.4 Å². The van der Waals surface area contributed by atoms with Crippen LogP contribution in [-0.4, -0.2) is 11.9 Å². The molecule has 0 bridgehead atoms. The summed E-state index contributed by atoms with van der Waals surface area (Å²) >= 11 is 5.04. The minimum absolute atomic E-state index is 0.293. The van der Waals surface area contributed by atoms with E-state index in [4.69, 9.17) is 17.4 Å². The molecule has 29 heavy (non-hydrogen) atoms. The van der Waals surface area contributed by atoms with Gasteiger partial charge in [-0.1, -0.05) is 97.1 Å². The van der Waals surface area contributed by atoms with E-state index in [1.807, 2.05) is 0 Å². The van der Waals surface area contributed by atoms with E-state index in [-0.39, 0.29) is 0 Å². The molecule has 1 aliphatic rings. The normalized spacial score (nSPS) is 23.5. The van der Waals surface area contributed by atoms with E-state index < -0.39 is 0 Å². The summed E-state index contributed by atoms with van der Waals surface area (Å²) < 4.78 is 6.44.